The number of aromatic nitrogens is 1. The molecule has 1 aromatic heterocycles. The molecule has 40 heavy (non-hydrogen) atoms. The lowest BCUT2D eigenvalue weighted by Crippen LogP contribution is -2.19. The molecular formula is C28H25N5O4S3. The van der Waals surface area contributed by atoms with Crippen molar-refractivity contribution in [2.24, 2.45) is 0 Å². The van der Waals surface area contributed by atoms with Gasteiger partial charge in [0, 0.05) is 28.2 Å². The number of hydrogen-bond acceptors (Lipinski definition) is 7. The van der Waals surface area contributed by atoms with Crippen LogP contribution in [0.1, 0.15) is 15.9 Å². The summed E-state index contributed by atoms with van der Waals surface area (Å²) in [6.07, 6.45) is 0. The Bertz CT molecular complexity index is 1790. The van der Waals surface area contributed by atoms with E-state index in [9.17, 15) is 17.8 Å². The third kappa shape index (κ3) is 6.50. The second kappa shape index (κ2) is 11.9. The van der Waals surface area contributed by atoms with E-state index >= 15 is 0 Å². The molecule has 204 valence electrons. The Balaban J connectivity index is 0.00000370. The second-order valence-electron chi connectivity index (χ2n) is 8.59. The minimum atomic E-state index is -4.64. The second-order valence-corrected chi connectivity index (χ2v) is 11.3. The van der Waals surface area contributed by atoms with Gasteiger partial charge in [0.1, 0.15) is 15.1 Å². The van der Waals surface area contributed by atoms with Gasteiger partial charge in [0.2, 0.25) is 0 Å². The third-order valence-corrected chi connectivity index (χ3v) is 8.28. The summed E-state index contributed by atoms with van der Waals surface area (Å²) in [5.41, 5.74) is 4.23. The van der Waals surface area contributed by atoms with Crippen LogP contribution in [0, 0.1) is 6.92 Å². The number of quaternary nitrogens is 1. The highest BCUT2D eigenvalue weighted by Crippen LogP contribution is 2.36. The molecule has 0 spiro atoms. The molecule has 0 radical (unpaired) electrons. The number of amides is 1. The van der Waals surface area contributed by atoms with Crippen LogP contribution in [0.3, 0.4) is 0 Å². The molecule has 12 heteroatoms. The first kappa shape index (κ1) is 28.8. The number of nitrogens with one attached hydrogen (secondary N) is 3. The fraction of sp³-hybridized carbons (Fsp3) is 0.0357. The molecule has 0 fully saturated rings. The molecule has 5 rings (SSSR count). The zero-order valence-corrected chi connectivity index (χ0v) is 23.9. The lowest BCUT2D eigenvalue weighted by molar-refractivity contribution is 0.102. The van der Waals surface area contributed by atoms with Crippen molar-refractivity contribution in [1.82, 2.24) is 11.1 Å². The van der Waals surface area contributed by atoms with E-state index in [0.717, 1.165) is 28.3 Å². The molecule has 5 aromatic rings. The van der Waals surface area contributed by atoms with E-state index < -0.39 is 10.1 Å². The number of anilines is 3. The van der Waals surface area contributed by atoms with Gasteiger partial charge in [-0.2, -0.15) is 0 Å². The summed E-state index contributed by atoms with van der Waals surface area (Å²) in [6, 6.07) is 26.8. The topological polar surface area (TPSA) is 160 Å². The Morgan fingerprint density at radius 1 is 0.825 bits per heavy atom. The average Bonchev–Trinajstić information content (AvgIpc) is 3.33. The Kier molecular flexibility index (Phi) is 8.57. The first-order chi connectivity index (χ1) is 18.7. The monoisotopic (exact) mass is 591 g/mol. The molecule has 0 aliphatic heterocycles. The number of thiocarbonyl (C=S) groups is 1. The first-order valence-electron chi connectivity index (χ1n) is 11.7. The number of fused-ring (bicyclic) bond motifs is 1. The van der Waals surface area contributed by atoms with Crippen molar-refractivity contribution in [3.05, 3.63) is 102 Å². The van der Waals surface area contributed by atoms with Crippen molar-refractivity contribution in [2.45, 2.75) is 11.8 Å². The van der Waals surface area contributed by atoms with Crippen LogP contribution >= 0.6 is 23.6 Å². The van der Waals surface area contributed by atoms with E-state index in [1.54, 1.807) is 67.6 Å². The highest BCUT2D eigenvalue weighted by atomic mass is 32.2. The Morgan fingerprint density at radius 2 is 1.40 bits per heavy atom. The van der Waals surface area contributed by atoms with Gasteiger partial charge in [-0.3, -0.25) is 4.79 Å². The summed E-state index contributed by atoms with van der Waals surface area (Å²) in [5, 5.41) is 10.0. The fourth-order valence-electron chi connectivity index (χ4n) is 3.92. The number of carbonyl (C=O) groups is 1. The van der Waals surface area contributed by atoms with Gasteiger partial charge in [0.05, 0.1) is 15.1 Å². The molecule has 0 aliphatic carbocycles. The van der Waals surface area contributed by atoms with Crippen LogP contribution in [-0.4, -0.2) is 29.0 Å². The molecule has 7 N–H and O–H groups in total. The zero-order valence-electron chi connectivity index (χ0n) is 21.5. The molecule has 0 unspecified atom stereocenters. The van der Waals surface area contributed by atoms with E-state index in [2.05, 4.69) is 20.9 Å². The number of nitrogens with zero attached hydrogens (tertiary/aromatic N) is 1. The van der Waals surface area contributed by atoms with Crippen molar-refractivity contribution in [3.8, 4) is 10.6 Å². The van der Waals surface area contributed by atoms with Gasteiger partial charge >= 0.3 is 0 Å². The standard InChI is InChI=1S/C28H22N4O4S3.H3N/c1-17-7-16-23-24(25(17)39(34,35)36)38-27(32-23)19-10-14-21(15-11-19)29-26(33)18-8-12-22(13-9-18)31-28(37)30-20-5-3-2-4-6-20;/h2-16H,1H3,(H,29,33)(H2,30,31,37)(H,34,35,36);1H3. The van der Waals surface area contributed by atoms with Crippen molar-refractivity contribution in [3.63, 3.8) is 0 Å². The van der Waals surface area contributed by atoms with E-state index in [0.29, 0.717) is 37.2 Å². The van der Waals surface area contributed by atoms with Gasteiger partial charge in [0.25, 0.3) is 5.91 Å². The number of hydrogen-bond donors (Lipinski definition) is 4. The lowest BCUT2D eigenvalue weighted by Gasteiger charge is -2.11. The summed E-state index contributed by atoms with van der Waals surface area (Å²) >= 11 is 6.48. The van der Waals surface area contributed by atoms with E-state index in [1.165, 1.54) is 0 Å². The molecular weight excluding hydrogens is 567 g/mol. The van der Waals surface area contributed by atoms with E-state index in [4.69, 9.17) is 12.2 Å². The van der Waals surface area contributed by atoms with Crippen LogP contribution in [0.25, 0.3) is 20.8 Å². The molecule has 9 nitrogen and oxygen atoms in total. The quantitative estimate of drug-likeness (QED) is 0.127. The Hall–Kier alpha value is -4.20. The molecule has 0 saturated carbocycles. The van der Waals surface area contributed by atoms with E-state index in [1.807, 2.05) is 30.3 Å². The summed E-state index contributed by atoms with van der Waals surface area (Å²) < 4.78 is 35.7. The van der Waals surface area contributed by atoms with Crippen molar-refractivity contribution >= 4 is 72.0 Å². The number of benzene rings is 4. The maximum absolute atomic E-state index is 12.8. The largest absolute Gasteiger partial charge is 0.744 e. The molecule has 1 amide bonds. The van der Waals surface area contributed by atoms with Crippen molar-refractivity contribution in [1.29, 1.82) is 0 Å². The summed E-state index contributed by atoms with van der Waals surface area (Å²) in [6.45, 7) is 1.59. The average molecular weight is 592 g/mol. The Morgan fingerprint density at radius 3 is 2.02 bits per heavy atom. The van der Waals surface area contributed by atoms with Crippen molar-refractivity contribution in [2.75, 3.05) is 16.0 Å². The predicted octanol–water partition coefficient (Wildman–Crippen LogP) is 6.61. The van der Waals surface area contributed by atoms with Gasteiger partial charge in [-0.15, -0.1) is 11.3 Å². The number of aryl methyl sites for hydroxylation is 1. The molecule has 0 saturated heterocycles. The minimum Gasteiger partial charge on any atom is -0.744 e. The highest BCUT2D eigenvalue weighted by Gasteiger charge is 2.16. The molecule has 0 aliphatic rings. The molecule has 4 aromatic carbocycles. The number of thiazole rings is 1. The zero-order chi connectivity index (χ0) is 27.6. The third-order valence-electron chi connectivity index (χ3n) is 5.79. The van der Waals surface area contributed by atoms with Crippen LogP contribution in [0.15, 0.2) is 95.9 Å². The van der Waals surface area contributed by atoms with Gasteiger partial charge in [0.15, 0.2) is 5.11 Å². The maximum atomic E-state index is 12.8. The smallest absolute Gasteiger partial charge is 0.255 e. The minimum absolute atomic E-state index is 0. The van der Waals surface area contributed by atoms with Gasteiger partial charge in [-0.1, -0.05) is 24.3 Å². The Labute approximate surface area is 240 Å². The van der Waals surface area contributed by atoms with Crippen LogP contribution in [-0.2, 0) is 10.1 Å². The predicted molar refractivity (Wildman–Crippen MR) is 164 cm³/mol. The number of carbonyl (C=O) groups excluding carboxylic acids is 1. The highest BCUT2D eigenvalue weighted by molar-refractivity contribution is 7.86. The molecule has 1 heterocycles. The SMILES string of the molecule is Cc1ccc2nc(-c3ccc(NC(=O)c4ccc(NC(=S)Nc5ccccc5)cc4)cc3)sc2c1S(=O)(=O)[O-].[NH4+]. The van der Waals surface area contributed by atoms with Gasteiger partial charge in [-0.05, 0) is 91.4 Å². The van der Waals surface area contributed by atoms with Crippen LogP contribution in [0.4, 0.5) is 17.1 Å². The first-order valence-corrected chi connectivity index (χ1v) is 14.3. The normalized spacial score (nSPS) is 10.9. The summed E-state index contributed by atoms with van der Waals surface area (Å²) in [7, 11) is -4.64. The van der Waals surface area contributed by atoms with Crippen LogP contribution in [0.5, 0.6) is 0 Å². The van der Waals surface area contributed by atoms with Crippen LogP contribution in [0.2, 0.25) is 0 Å². The van der Waals surface area contributed by atoms with Crippen molar-refractivity contribution < 1.29 is 17.8 Å². The van der Waals surface area contributed by atoms with Gasteiger partial charge in [-0.25, -0.2) is 13.4 Å². The summed E-state index contributed by atoms with van der Waals surface area (Å²) in [5.74, 6) is -0.278. The number of rotatable bonds is 6. The maximum Gasteiger partial charge on any atom is 0.255 e. The lowest BCUT2D eigenvalue weighted by atomic mass is 10.1. The molecule has 0 bridgehead atoms. The summed E-state index contributed by atoms with van der Waals surface area (Å²) in [4.78, 5) is 17.0. The van der Waals surface area contributed by atoms with Gasteiger partial charge < -0.3 is 26.7 Å². The number of para-hydroxylation sites is 1. The fourth-order valence-corrected chi connectivity index (χ4v) is 6.44. The van der Waals surface area contributed by atoms with E-state index in [-0.39, 0.29) is 17.0 Å². The van der Waals surface area contributed by atoms with Crippen LogP contribution < -0.4 is 22.1 Å². The molecule has 0 atom stereocenters.